The van der Waals surface area contributed by atoms with E-state index in [1.807, 2.05) is 0 Å². The lowest BCUT2D eigenvalue weighted by Crippen LogP contribution is -2.26. The molecule has 0 aliphatic heterocycles. The summed E-state index contributed by atoms with van der Waals surface area (Å²) in [5, 5.41) is 9.83. The van der Waals surface area contributed by atoms with E-state index < -0.39 is 0 Å². The second-order valence-corrected chi connectivity index (χ2v) is 10.5. The quantitative estimate of drug-likeness (QED) is 0.305. The Bertz CT molecular complexity index is 851. The van der Waals surface area contributed by atoms with Gasteiger partial charge in [0.1, 0.15) is 5.75 Å². The van der Waals surface area contributed by atoms with Gasteiger partial charge in [-0.15, -0.1) is 0 Å². The lowest BCUT2D eigenvalue weighted by atomic mass is 9.67. The maximum atomic E-state index is 9.83. The fourth-order valence-corrected chi connectivity index (χ4v) is 5.07. The molecule has 3 rings (SSSR count). The van der Waals surface area contributed by atoms with E-state index in [1.165, 1.54) is 42.4 Å². The van der Waals surface area contributed by atoms with E-state index >= 15 is 0 Å². The molecule has 0 aromatic heterocycles. The molecule has 2 nitrogen and oxygen atoms in total. The Kier molecular flexibility index (Phi) is 9.86. The van der Waals surface area contributed by atoms with Crippen LogP contribution in [0.4, 0.5) is 0 Å². The second kappa shape index (κ2) is 12.8. The summed E-state index contributed by atoms with van der Waals surface area (Å²) in [4.78, 5) is 0. The topological polar surface area (TPSA) is 33.0 Å². The van der Waals surface area contributed by atoms with E-state index in [0.29, 0.717) is 11.8 Å². The first-order valence-corrected chi connectivity index (χ1v) is 13.3. The number of rotatable bonds is 12. The van der Waals surface area contributed by atoms with Gasteiger partial charge in [0, 0.05) is 0 Å². The molecule has 2 heteroatoms. The van der Waals surface area contributed by atoms with Crippen LogP contribution in [-0.2, 0) is 0 Å². The van der Waals surface area contributed by atoms with Crippen LogP contribution in [0.25, 0.3) is 11.1 Å². The Hall–Kier alpha value is -2.27. The molecule has 2 aromatic carbocycles. The largest absolute Gasteiger partial charge is 0.494 e. The number of unbranched alkanes of at least 4 members (excludes halogenated alkanes) is 4. The maximum absolute atomic E-state index is 9.83. The van der Waals surface area contributed by atoms with Crippen LogP contribution in [0.5, 0.6) is 5.75 Å². The van der Waals surface area contributed by atoms with Gasteiger partial charge in [0.25, 0.3) is 0 Å². The van der Waals surface area contributed by atoms with Crippen LogP contribution >= 0.6 is 0 Å². The van der Waals surface area contributed by atoms with Crippen LogP contribution in [0.15, 0.2) is 48.5 Å². The van der Waals surface area contributed by atoms with Gasteiger partial charge in [-0.1, -0.05) is 82.9 Å². The third kappa shape index (κ3) is 7.63. The predicted molar refractivity (Wildman–Crippen MR) is 139 cm³/mol. The van der Waals surface area contributed by atoms with Crippen molar-refractivity contribution in [3.63, 3.8) is 0 Å². The summed E-state index contributed by atoms with van der Waals surface area (Å²) in [5.41, 5.74) is 3.83. The predicted octanol–water partition coefficient (Wildman–Crippen LogP) is 9.31. The third-order valence-electron chi connectivity index (χ3n) is 7.47. The summed E-state index contributed by atoms with van der Waals surface area (Å²) < 4.78 is 5.91. The van der Waals surface area contributed by atoms with E-state index in [2.05, 4.69) is 75.4 Å². The first-order valence-electron chi connectivity index (χ1n) is 13.3. The van der Waals surface area contributed by atoms with Crippen LogP contribution in [0.1, 0.15) is 103 Å². The molecular weight excluding hydrogens is 402 g/mol. The molecule has 0 amide bonds. The molecule has 1 aliphatic carbocycles. The number of nitrogens with zero attached hydrogens (tertiary/aromatic N) is 1. The van der Waals surface area contributed by atoms with Crippen LogP contribution in [0, 0.1) is 22.7 Å². The van der Waals surface area contributed by atoms with Gasteiger partial charge >= 0.3 is 0 Å². The van der Waals surface area contributed by atoms with Crippen LogP contribution in [0.2, 0.25) is 0 Å². The molecule has 0 radical (unpaired) electrons. The molecule has 0 unspecified atom stereocenters. The van der Waals surface area contributed by atoms with Gasteiger partial charge in [0.2, 0.25) is 0 Å². The lowest BCUT2D eigenvalue weighted by Gasteiger charge is -2.35. The van der Waals surface area contributed by atoms with Gasteiger partial charge in [0.05, 0.1) is 18.1 Å². The average Bonchev–Trinajstić information content (AvgIpc) is 2.86. The Labute approximate surface area is 202 Å². The van der Waals surface area contributed by atoms with Crippen molar-refractivity contribution in [3.05, 3.63) is 54.1 Å². The molecular formula is C31H43NO. The zero-order valence-electron chi connectivity index (χ0n) is 21.1. The first kappa shape index (κ1) is 25.4. The van der Waals surface area contributed by atoms with Gasteiger partial charge in [0.15, 0.2) is 0 Å². The molecule has 178 valence electrons. The summed E-state index contributed by atoms with van der Waals surface area (Å²) in [6.07, 6.45) is 12.9. The van der Waals surface area contributed by atoms with Crippen molar-refractivity contribution < 1.29 is 4.74 Å². The SMILES string of the molecule is CCCCCCCOc1ccc(-c2ccc([C@H]3CC[C@@](C#N)(CCC(C)C)CC3)cc2)cc1. The molecule has 33 heavy (non-hydrogen) atoms. The van der Waals surface area contributed by atoms with Crippen molar-refractivity contribution >= 4 is 0 Å². The van der Waals surface area contributed by atoms with Gasteiger partial charge in [-0.05, 0) is 85.6 Å². The third-order valence-corrected chi connectivity index (χ3v) is 7.47. The van der Waals surface area contributed by atoms with Crippen LogP contribution in [0.3, 0.4) is 0 Å². The van der Waals surface area contributed by atoms with E-state index in [-0.39, 0.29) is 5.41 Å². The first-order chi connectivity index (χ1) is 16.0. The van der Waals surface area contributed by atoms with Crippen LogP contribution < -0.4 is 4.74 Å². The standard InChI is InChI=1S/C31H43NO/c1-4-5-6-7-8-23-33-30-15-13-28(14-16-30)26-9-11-27(12-10-26)29-18-21-31(24-32,22-19-29)20-17-25(2)3/h9-16,25,29H,4-8,17-23H2,1-3H3/t29-,31-. The Morgan fingerprint density at radius 2 is 1.52 bits per heavy atom. The second-order valence-electron chi connectivity index (χ2n) is 10.5. The molecule has 1 fully saturated rings. The normalized spacial score (nSPS) is 20.5. The Morgan fingerprint density at radius 1 is 0.909 bits per heavy atom. The van der Waals surface area contributed by atoms with Crippen molar-refractivity contribution in [2.45, 2.75) is 97.3 Å². The molecule has 0 spiro atoms. The average molecular weight is 446 g/mol. The highest BCUT2D eigenvalue weighted by molar-refractivity contribution is 5.64. The van der Waals surface area contributed by atoms with Gasteiger partial charge in [-0.2, -0.15) is 5.26 Å². The van der Waals surface area contributed by atoms with Gasteiger partial charge in [-0.3, -0.25) is 0 Å². The Balaban J connectivity index is 1.50. The van der Waals surface area contributed by atoms with Crippen molar-refractivity contribution in [1.29, 1.82) is 5.26 Å². The van der Waals surface area contributed by atoms with E-state index in [4.69, 9.17) is 4.74 Å². The van der Waals surface area contributed by atoms with E-state index in [9.17, 15) is 5.26 Å². The molecule has 2 aromatic rings. The number of ether oxygens (including phenoxy) is 1. The zero-order chi connectivity index (χ0) is 23.5. The minimum atomic E-state index is -0.0833. The van der Waals surface area contributed by atoms with Crippen molar-refractivity contribution in [1.82, 2.24) is 0 Å². The van der Waals surface area contributed by atoms with Crippen molar-refractivity contribution in [2.24, 2.45) is 11.3 Å². The lowest BCUT2D eigenvalue weighted by molar-refractivity contribution is 0.216. The number of hydrogen-bond donors (Lipinski definition) is 0. The summed E-state index contributed by atoms with van der Waals surface area (Å²) in [6, 6.07) is 20.3. The van der Waals surface area contributed by atoms with Crippen LogP contribution in [-0.4, -0.2) is 6.61 Å². The smallest absolute Gasteiger partial charge is 0.119 e. The minimum Gasteiger partial charge on any atom is -0.494 e. The highest BCUT2D eigenvalue weighted by Gasteiger charge is 2.35. The molecule has 0 N–H and O–H groups in total. The monoisotopic (exact) mass is 445 g/mol. The molecule has 0 atom stereocenters. The van der Waals surface area contributed by atoms with Gasteiger partial charge < -0.3 is 4.74 Å². The van der Waals surface area contributed by atoms with Gasteiger partial charge in [-0.25, -0.2) is 0 Å². The summed E-state index contributed by atoms with van der Waals surface area (Å²) in [6.45, 7) is 7.57. The molecule has 1 saturated carbocycles. The minimum absolute atomic E-state index is 0.0833. The molecule has 0 saturated heterocycles. The van der Waals surface area contributed by atoms with Crippen molar-refractivity contribution in [3.8, 4) is 22.9 Å². The fraction of sp³-hybridized carbons (Fsp3) is 0.581. The number of nitriles is 1. The molecule has 1 aliphatic rings. The number of benzene rings is 2. The Morgan fingerprint density at radius 3 is 2.09 bits per heavy atom. The summed E-state index contributed by atoms with van der Waals surface area (Å²) in [5.74, 6) is 2.23. The zero-order valence-corrected chi connectivity index (χ0v) is 21.1. The fourth-order valence-electron chi connectivity index (χ4n) is 5.07. The van der Waals surface area contributed by atoms with Crippen molar-refractivity contribution in [2.75, 3.05) is 6.61 Å². The summed E-state index contributed by atoms with van der Waals surface area (Å²) in [7, 11) is 0. The molecule has 0 bridgehead atoms. The highest BCUT2D eigenvalue weighted by atomic mass is 16.5. The molecule has 0 heterocycles. The summed E-state index contributed by atoms with van der Waals surface area (Å²) >= 11 is 0. The maximum Gasteiger partial charge on any atom is 0.119 e. The number of hydrogen-bond acceptors (Lipinski definition) is 2. The van der Waals surface area contributed by atoms with E-state index in [0.717, 1.165) is 57.3 Å². The van der Waals surface area contributed by atoms with E-state index in [1.54, 1.807) is 0 Å². The highest BCUT2D eigenvalue weighted by Crippen LogP contribution is 2.46.